The summed E-state index contributed by atoms with van der Waals surface area (Å²) < 4.78 is 13.5. The topological polar surface area (TPSA) is 38.8 Å². The maximum atomic E-state index is 11.1. The Kier molecular flexibility index (Phi) is 10.5. The van der Waals surface area contributed by atoms with E-state index in [1.165, 1.54) is 21.7 Å². The fraction of sp³-hybridized carbons (Fsp3) is 0.205. The van der Waals surface area contributed by atoms with Gasteiger partial charge in [0.05, 0.1) is 11.5 Å². The maximum Gasteiger partial charge on any atom is 0.261 e. The van der Waals surface area contributed by atoms with Crippen molar-refractivity contribution in [2.75, 3.05) is 25.1 Å². The van der Waals surface area contributed by atoms with Crippen LogP contribution in [0.15, 0.2) is 121 Å². The molecule has 0 fully saturated rings. The maximum absolute atomic E-state index is 11.1. The van der Waals surface area contributed by atoms with Gasteiger partial charge in [-0.3, -0.25) is 4.79 Å². The highest BCUT2D eigenvalue weighted by Gasteiger charge is 2.50. The zero-order chi connectivity index (χ0) is 31.7. The Morgan fingerprint density at radius 1 is 0.756 bits per heavy atom. The van der Waals surface area contributed by atoms with Crippen LogP contribution in [0.2, 0.25) is 5.04 Å². The lowest BCUT2D eigenvalue weighted by Gasteiger charge is -2.43. The molecule has 1 heterocycles. The Bertz CT molecular complexity index is 1660. The smallest absolute Gasteiger partial charge is 0.261 e. The van der Waals surface area contributed by atoms with Gasteiger partial charge in [-0.05, 0) is 57.4 Å². The quantitative estimate of drug-likeness (QED) is 0.0968. The molecule has 0 bridgehead atoms. The molecule has 4 aromatic carbocycles. The van der Waals surface area contributed by atoms with Crippen molar-refractivity contribution in [2.24, 2.45) is 0 Å². The average Bonchev–Trinajstić information content (AvgIpc) is 3.54. The molecular weight excluding hydrogens is 591 g/mol. The molecule has 1 aromatic heterocycles. The molecular formula is C39H41NO3SSi. The molecule has 0 atom stereocenters. The summed E-state index contributed by atoms with van der Waals surface area (Å²) >= 11 is 1.47. The molecule has 5 rings (SSSR count). The van der Waals surface area contributed by atoms with Crippen LogP contribution < -0.4 is 20.0 Å². The van der Waals surface area contributed by atoms with Crippen LogP contribution in [-0.4, -0.2) is 34.8 Å². The number of thiophene rings is 1. The largest absolute Gasteiger partial charge is 0.488 e. The van der Waals surface area contributed by atoms with Crippen molar-refractivity contribution in [3.63, 3.8) is 0 Å². The van der Waals surface area contributed by atoms with Gasteiger partial charge in [-0.15, -0.1) is 11.3 Å². The lowest BCUT2D eigenvalue weighted by molar-refractivity contribution is 0.112. The molecule has 0 aliphatic carbocycles. The molecule has 0 spiro atoms. The molecule has 230 valence electrons. The number of carbonyl (C=O) groups excluding carboxylic acids is 1. The second-order valence-electron chi connectivity index (χ2n) is 12.1. The number of likely N-dealkylation sites (N-methyl/N-ethyl adjacent to an activating group) is 1. The summed E-state index contributed by atoms with van der Waals surface area (Å²) in [4.78, 5) is 15.1. The molecule has 0 amide bonds. The minimum Gasteiger partial charge on any atom is -0.488 e. The number of ether oxygens (including phenoxy) is 1. The summed E-state index contributed by atoms with van der Waals surface area (Å²) in [6.07, 6.45) is 4.97. The predicted molar refractivity (Wildman–Crippen MR) is 193 cm³/mol. The minimum absolute atomic E-state index is 0.0737. The SMILES string of the molecule is CN(CCO[Si](c1ccccc1)(c1ccccc1)C(C)(C)C)c1ccc(C=Cc2ccc(C=O)s2)c(OCc2ccccc2)c1. The van der Waals surface area contributed by atoms with Crippen molar-refractivity contribution < 1.29 is 14.0 Å². The van der Waals surface area contributed by atoms with Gasteiger partial charge in [0.15, 0.2) is 6.29 Å². The number of nitrogens with zero attached hydrogens (tertiary/aromatic N) is 1. The summed E-state index contributed by atoms with van der Waals surface area (Å²) in [5, 5.41) is 2.49. The van der Waals surface area contributed by atoms with Gasteiger partial charge >= 0.3 is 0 Å². The van der Waals surface area contributed by atoms with E-state index >= 15 is 0 Å². The van der Waals surface area contributed by atoms with Gasteiger partial charge < -0.3 is 14.1 Å². The lowest BCUT2D eigenvalue weighted by Crippen LogP contribution is -2.67. The van der Waals surface area contributed by atoms with Crippen LogP contribution in [0.5, 0.6) is 5.75 Å². The number of carbonyl (C=O) groups is 1. The van der Waals surface area contributed by atoms with Gasteiger partial charge in [0.25, 0.3) is 8.32 Å². The molecule has 0 saturated heterocycles. The van der Waals surface area contributed by atoms with Crippen molar-refractivity contribution in [1.29, 1.82) is 0 Å². The van der Waals surface area contributed by atoms with Crippen LogP contribution in [0, 0.1) is 0 Å². The first-order valence-corrected chi connectivity index (χ1v) is 18.0. The fourth-order valence-electron chi connectivity index (χ4n) is 5.68. The second kappa shape index (κ2) is 14.7. The van der Waals surface area contributed by atoms with Gasteiger partial charge in [0.2, 0.25) is 0 Å². The van der Waals surface area contributed by atoms with Gasteiger partial charge in [-0.25, -0.2) is 0 Å². The van der Waals surface area contributed by atoms with E-state index in [1.807, 2.05) is 36.4 Å². The Balaban J connectivity index is 1.38. The predicted octanol–water partition coefficient (Wildman–Crippen LogP) is 8.32. The van der Waals surface area contributed by atoms with E-state index in [0.29, 0.717) is 18.1 Å². The monoisotopic (exact) mass is 631 g/mol. The molecule has 0 saturated carbocycles. The second-order valence-corrected chi connectivity index (χ2v) is 17.6. The first kappa shape index (κ1) is 32.2. The number of anilines is 1. The van der Waals surface area contributed by atoms with E-state index < -0.39 is 8.32 Å². The Labute approximate surface area is 272 Å². The molecule has 0 unspecified atom stereocenters. The first-order valence-electron chi connectivity index (χ1n) is 15.3. The van der Waals surface area contributed by atoms with Gasteiger partial charge in [-0.2, -0.15) is 0 Å². The van der Waals surface area contributed by atoms with E-state index in [0.717, 1.165) is 40.3 Å². The normalized spacial score (nSPS) is 11.9. The summed E-state index contributed by atoms with van der Waals surface area (Å²) in [6.45, 7) is 8.70. The molecule has 0 radical (unpaired) electrons. The lowest BCUT2D eigenvalue weighted by atomic mass is 10.1. The number of hydrogen-bond acceptors (Lipinski definition) is 5. The molecule has 5 aromatic rings. The van der Waals surface area contributed by atoms with E-state index in [2.05, 4.69) is 130 Å². The Morgan fingerprint density at radius 2 is 1.36 bits per heavy atom. The van der Waals surface area contributed by atoms with Crippen LogP contribution >= 0.6 is 11.3 Å². The number of rotatable bonds is 13. The van der Waals surface area contributed by atoms with Crippen LogP contribution in [0.3, 0.4) is 0 Å². The van der Waals surface area contributed by atoms with Crippen molar-refractivity contribution in [3.05, 3.63) is 142 Å². The minimum atomic E-state index is -2.61. The summed E-state index contributed by atoms with van der Waals surface area (Å²) in [5.41, 5.74) is 3.15. The number of hydrogen-bond donors (Lipinski definition) is 0. The molecule has 45 heavy (non-hydrogen) atoms. The Hall–Kier alpha value is -4.23. The average molecular weight is 632 g/mol. The van der Waals surface area contributed by atoms with E-state index in [-0.39, 0.29) is 5.04 Å². The highest BCUT2D eigenvalue weighted by molar-refractivity contribution is 7.14. The summed E-state index contributed by atoms with van der Waals surface area (Å²) in [6, 6.07) is 41.9. The third-order valence-corrected chi connectivity index (χ3v) is 14.0. The fourth-order valence-corrected chi connectivity index (χ4v) is 11.0. The van der Waals surface area contributed by atoms with Gasteiger partial charge in [-0.1, -0.05) is 112 Å². The van der Waals surface area contributed by atoms with Crippen LogP contribution in [-0.2, 0) is 11.0 Å². The molecule has 0 aliphatic heterocycles. The summed E-state index contributed by atoms with van der Waals surface area (Å²) in [7, 11) is -0.508. The molecule has 6 heteroatoms. The van der Waals surface area contributed by atoms with Crippen molar-refractivity contribution in [2.45, 2.75) is 32.4 Å². The van der Waals surface area contributed by atoms with E-state index in [1.54, 1.807) is 0 Å². The van der Waals surface area contributed by atoms with Crippen molar-refractivity contribution >= 4 is 54.2 Å². The Morgan fingerprint density at radius 3 is 1.93 bits per heavy atom. The molecule has 0 N–H and O–H groups in total. The number of aldehydes is 1. The zero-order valence-electron chi connectivity index (χ0n) is 26.5. The van der Waals surface area contributed by atoms with E-state index in [4.69, 9.17) is 9.16 Å². The van der Waals surface area contributed by atoms with Gasteiger partial charge in [0.1, 0.15) is 12.4 Å². The van der Waals surface area contributed by atoms with Crippen LogP contribution in [0.4, 0.5) is 5.69 Å². The van der Waals surface area contributed by atoms with Gasteiger partial charge in [0, 0.05) is 35.8 Å². The number of benzene rings is 4. The van der Waals surface area contributed by atoms with Crippen LogP contribution in [0.25, 0.3) is 12.2 Å². The van der Waals surface area contributed by atoms with Crippen molar-refractivity contribution in [1.82, 2.24) is 0 Å². The van der Waals surface area contributed by atoms with Crippen LogP contribution in [0.1, 0.15) is 46.4 Å². The zero-order valence-corrected chi connectivity index (χ0v) is 28.3. The van der Waals surface area contributed by atoms with E-state index in [9.17, 15) is 4.79 Å². The third kappa shape index (κ3) is 7.71. The summed E-state index contributed by atoms with van der Waals surface area (Å²) in [5.74, 6) is 0.805. The van der Waals surface area contributed by atoms with Crippen molar-refractivity contribution in [3.8, 4) is 5.75 Å². The highest BCUT2D eigenvalue weighted by atomic mass is 32.1. The molecule has 0 aliphatic rings. The highest BCUT2D eigenvalue weighted by Crippen LogP contribution is 2.37. The molecule has 4 nitrogen and oxygen atoms in total. The first-order chi connectivity index (χ1) is 21.8. The third-order valence-electron chi connectivity index (χ3n) is 8.03. The standard InChI is InChI=1S/C39H41NO3SSi/c1-39(2,3)45(36-16-10-6-11-17-36,37-18-12-7-13-19-37)43-27-26-40(4)33-22-20-32(21-23-34-24-25-35(29-41)44-34)38(28-33)42-30-31-14-8-5-9-15-31/h5-25,28-29H,26-27,30H2,1-4H3.